The van der Waals surface area contributed by atoms with Crippen LogP contribution in [0.1, 0.15) is 50.3 Å². The lowest BCUT2D eigenvalue weighted by Crippen LogP contribution is -2.50. The molecule has 1 atom stereocenters. The lowest BCUT2D eigenvalue weighted by molar-refractivity contribution is -0.141. The number of hydrogen-bond donors (Lipinski definition) is 1. The minimum Gasteiger partial charge on any atom is -0.352 e. The quantitative estimate of drug-likeness (QED) is 0.633. The van der Waals surface area contributed by atoms with Crippen LogP contribution in [0, 0.1) is 6.92 Å². The first-order valence-corrected chi connectivity index (χ1v) is 10.6. The molecule has 29 heavy (non-hydrogen) atoms. The van der Waals surface area contributed by atoms with Crippen LogP contribution >= 0.6 is 11.6 Å². The van der Waals surface area contributed by atoms with Crippen molar-refractivity contribution in [3.8, 4) is 0 Å². The molecule has 2 rings (SSSR count). The molecule has 2 aromatic rings. The largest absolute Gasteiger partial charge is 0.352 e. The first kappa shape index (κ1) is 23.0. The molecule has 156 valence electrons. The van der Waals surface area contributed by atoms with Gasteiger partial charge in [-0.2, -0.15) is 0 Å². The van der Waals surface area contributed by atoms with Crippen LogP contribution in [-0.2, 0) is 22.6 Å². The van der Waals surface area contributed by atoms with Crippen LogP contribution in [-0.4, -0.2) is 28.8 Å². The molecule has 0 aliphatic heterocycles. The van der Waals surface area contributed by atoms with Gasteiger partial charge in [0.15, 0.2) is 0 Å². The van der Waals surface area contributed by atoms with Crippen molar-refractivity contribution in [1.82, 2.24) is 10.2 Å². The number of nitrogens with zero attached hydrogens (tertiary/aromatic N) is 1. The summed E-state index contributed by atoms with van der Waals surface area (Å²) in [5.41, 5.74) is 3.12. The van der Waals surface area contributed by atoms with Crippen LogP contribution in [0.15, 0.2) is 48.5 Å². The summed E-state index contributed by atoms with van der Waals surface area (Å²) in [5, 5.41) is 3.61. The number of benzene rings is 2. The van der Waals surface area contributed by atoms with Crippen molar-refractivity contribution in [2.45, 2.75) is 65.6 Å². The second kappa shape index (κ2) is 11.0. The molecule has 0 saturated heterocycles. The molecular formula is C24H31ClN2O2. The van der Waals surface area contributed by atoms with Crippen LogP contribution in [0.5, 0.6) is 0 Å². The number of halogens is 1. The summed E-state index contributed by atoms with van der Waals surface area (Å²) in [6, 6.07) is 15.1. The van der Waals surface area contributed by atoms with Gasteiger partial charge in [0.05, 0.1) is 0 Å². The molecule has 0 saturated carbocycles. The Kier molecular flexibility index (Phi) is 8.71. The number of amides is 2. The second-order valence-electron chi connectivity index (χ2n) is 7.69. The molecule has 0 bridgehead atoms. The van der Waals surface area contributed by atoms with E-state index in [2.05, 4.69) is 5.32 Å². The molecule has 5 heteroatoms. The predicted octanol–water partition coefficient (Wildman–Crippen LogP) is 4.91. The summed E-state index contributed by atoms with van der Waals surface area (Å²) in [5.74, 6) is -0.156. The first-order valence-electron chi connectivity index (χ1n) is 10.2. The molecule has 0 unspecified atom stereocenters. The van der Waals surface area contributed by atoms with E-state index in [0.29, 0.717) is 30.8 Å². The highest BCUT2D eigenvalue weighted by Gasteiger charge is 2.28. The summed E-state index contributed by atoms with van der Waals surface area (Å²) in [6.45, 7) is 8.23. The average Bonchev–Trinajstić information content (AvgIpc) is 2.68. The van der Waals surface area contributed by atoms with Crippen LogP contribution < -0.4 is 5.32 Å². The zero-order valence-electron chi connectivity index (χ0n) is 17.7. The summed E-state index contributed by atoms with van der Waals surface area (Å²) in [6.07, 6.45) is 1.41. The number of carbonyl (C=O) groups excluding carboxylic acids is 2. The van der Waals surface area contributed by atoms with E-state index in [9.17, 15) is 9.59 Å². The molecular weight excluding hydrogens is 384 g/mol. The maximum absolute atomic E-state index is 13.2. The third-order valence-corrected chi connectivity index (χ3v) is 5.23. The van der Waals surface area contributed by atoms with Gasteiger partial charge >= 0.3 is 0 Å². The fourth-order valence-electron chi connectivity index (χ4n) is 3.28. The van der Waals surface area contributed by atoms with Crippen molar-refractivity contribution < 1.29 is 9.59 Å². The number of carbonyl (C=O) groups is 2. The summed E-state index contributed by atoms with van der Waals surface area (Å²) in [4.78, 5) is 27.7. The first-order chi connectivity index (χ1) is 13.8. The van der Waals surface area contributed by atoms with Gasteiger partial charge in [-0.15, -0.1) is 0 Å². The summed E-state index contributed by atoms with van der Waals surface area (Å²) in [7, 11) is 0. The summed E-state index contributed by atoms with van der Waals surface area (Å²) < 4.78 is 0. The monoisotopic (exact) mass is 414 g/mol. The van der Waals surface area contributed by atoms with Crippen molar-refractivity contribution in [3.05, 3.63) is 70.2 Å². The van der Waals surface area contributed by atoms with Gasteiger partial charge < -0.3 is 10.2 Å². The van der Waals surface area contributed by atoms with Crippen molar-refractivity contribution in [2.75, 3.05) is 0 Å². The van der Waals surface area contributed by atoms with Crippen molar-refractivity contribution in [3.63, 3.8) is 0 Å². The number of rotatable bonds is 9. The van der Waals surface area contributed by atoms with E-state index >= 15 is 0 Å². The average molecular weight is 415 g/mol. The summed E-state index contributed by atoms with van der Waals surface area (Å²) >= 11 is 6.24. The smallest absolute Gasteiger partial charge is 0.243 e. The van der Waals surface area contributed by atoms with Crippen molar-refractivity contribution in [1.29, 1.82) is 0 Å². The fourth-order valence-corrected chi connectivity index (χ4v) is 3.51. The number of nitrogens with one attached hydrogen (secondary N) is 1. The lowest BCUT2D eigenvalue weighted by Gasteiger charge is -2.31. The van der Waals surface area contributed by atoms with Crippen molar-refractivity contribution >= 4 is 23.4 Å². The Labute approximate surface area is 179 Å². The molecule has 1 N–H and O–H groups in total. The van der Waals surface area contributed by atoms with E-state index in [1.807, 2.05) is 76.2 Å². The standard InChI is InChI=1S/C24H31ClN2O2/c1-5-22(24(29)26-17(2)3)27(16-19-12-10-18(4)11-13-19)23(28)15-14-20-8-6-7-9-21(20)25/h6-13,17,22H,5,14-16H2,1-4H3,(H,26,29)/t22-/m0/s1. The van der Waals surface area contributed by atoms with Crippen LogP contribution in [0.2, 0.25) is 5.02 Å². The van der Waals surface area contributed by atoms with Gasteiger partial charge in [0, 0.05) is 24.0 Å². The molecule has 0 spiro atoms. The SMILES string of the molecule is CC[C@@H](C(=O)NC(C)C)N(Cc1ccc(C)cc1)C(=O)CCc1ccccc1Cl. The second-order valence-corrected chi connectivity index (χ2v) is 8.09. The maximum atomic E-state index is 13.2. The van der Waals surface area contributed by atoms with E-state index in [0.717, 1.165) is 16.7 Å². The Morgan fingerprint density at radius 2 is 1.72 bits per heavy atom. The molecule has 2 amide bonds. The normalized spacial score (nSPS) is 11.9. The molecule has 0 fully saturated rings. The maximum Gasteiger partial charge on any atom is 0.243 e. The van der Waals surface area contributed by atoms with E-state index < -0.39 is 6.04 Å². The highest BCUT2D eigenvalue weighted by atomic mass is 35.5. The third-order valence-electron chi connectivity index (χ3n) is 4.86. The molecule has 0 aromatic heterocycles. The van der Waals surface area contributed by atoms with Gasteiger partial charge in [0.2, 0.25) is 11.8 Å². The zero-order valence-corrected chi connectivity index (χ0v) is 18.5. The zero-order chi connectivity index (χ0) is 21.4. The molecule has 4 nitrogen and oxygen atoms in total. The van der Waals surface area contributed by atoms with Crippen LogP contribution in [0.4, 0.5) is 0 Å². The van der Waals surface area contributed by atoms with Gasteiger partial charge in [0.25, 0.3) is 0 Å². The van der Waals surface area contributed by atoms with Gasteiger partial charge in [-0.1, -0.05) is 66.6 Å². The van der Waals surface area contributed by atoms with Gasteiger partial charge in [-0.3, -0.25) is 9.59 Å². The van der Waals surface area contributed by atoms with E-state index in [1.54, 1.807) is 4.90 Å². The Bertz CT molecular complexity index is 818. The minimum atomic E-state index is -0.502. The van der Waals surface area contributed by atoms with Crippen molar-refractivity contribution in [2.24, 2.45) is 0 Å². The topological polar surface area (TPSA) is 49.4 Å². The fraction of sp³-hybridized carbons (Fsp3) is 0.417. The predicted molar refractivity (Wildman–Crippen MR) is 119 cm³/mol. The highest BCUT2D eigenvalue weighted by Crippen LogP contribution is 2.19. The lowest BCUT2D eigenvalue weighted by atomic mass is 10.1. The third kappa shape index (κ3) is 6.90. The molecule has 0 heterocycles. The van der Waals surface area contributed by atoms with Crippen LogP contribution in [0.25, 0.3) is 0 Å². The van der Waals surface area contributed by atoms with Gasteiger partial charge in [-0.05, 0) is 50.8 Å². The van der Waals surface area contributed by atoms with E-state index in [4.69, 9.17) is 11.6 Å². The number of aryl methyl sites for hydroxylation is 2. The Balaban J connectivity index is 2.21. The van der Waals surface area contributed by atoms with E-state index in [1.165, 1.54) is 0 Å². The number of hydrogen-bond acceptors (Lipinski definition) is 2. The van der Waals surface area contributed by atoms with Gasteiger partial charge in [-0.25, -0.2) is 0 Å². The van der Waals surface area contributed by atoms with E-state index in [-0.39, 0.29) is 17.9 Å². The molecule has 2 aromatic carbocycles. The minimum absolute atomic E-state index is 0.0241. The Hall–Kier alpha value is -2.33. The molecule has 0 aliphatic carbocycles. The molecule has 0 aliphatic rings. The molecule has 0 radical (unpaired) electrons. The highest BCUT2D eigenvalue weighted by molar-refractivity contribution is 6.31. The van der Waals surface area contributed by atoms with Gasteiger partial charge in [0.1, 0.15) is 6.04 Å². The van der Waals surface area contributed by atoms with Crippen LogP contribution in [0.3, 0.4) is 0 Å². The Morgan fingerprint density at radius 1 is 1.07 bits per heavy atom. The Morgan fingerprint density at radius 3 is 2.31 bits per heavy atom.